The predicted molar refractivity (Wildman–Crippen MR) is 99.1 cm³/mol. The molecule has 3 atom stereocenters. The van der Waals surface area contributed by atoms with Crippen molar-refractivity contribution in [3.8, 4) is 0 Å². The molecule has 2 amide bonds. The molecule has 1 aliphatic carbocycles. The molecule has 2 heterocycles. The second-order valence-corrected chi connectivity index (χ2v) is 6.90. The molecule has 1 aromatic carbocycles. The highest BCUT2D eigenvalue weighted by Gasteiger charge is 2.47. The minimum atomic E-state index is -0.177. The lowest BCUT2D eigenvalue weighted by atomic mass is 10.1. The van der Waals surface area contributed by atoms with Crippen LogP contribution in [0.5, 0.6) is 0 Å². The molecule has 1 aromatic heterocycles. The maximum absolute atomic E-state index is 12.4. The third kappa shape index (κ3) is 3.67. The Hall–Kier alpha value is -2.95. The summed E-state index contributed by atoms with van der Waals surface area (Å²) in [7, 11) is 0. The van der Waals surface area contributed by atoms with Gasteiger partial charge in [-0.1, -0.05) is 36.4 Å². The van der Waals surface area contributed by atoms with Crippen LogP contribution < -0.4 is 5.32 Å². The average Bonchev–Trinajstić information content (AvgIpc) is 3.38. The van der Waals surface area contributed by atoms with Gasteiger partial charge in [-0.05, 0) is 29.7 Å². The van der Waals surface area contributed by atoms with Crippen molar-refractivity contribution in [2.75, 3.05) is 6.54 Å². The van der Waals surface area contributed by atoms with Crippen molar-refractivity contribution in [2.24, 2.45) is 0 Å². The largest absolute Gasteiger partial charge is 0.348 e. The smallest absolute Gasteiger partial charge is 0.244 e. The number of amides is 2. The Morgan fingerprint density at radius 2 is 2.04 bits per heavy atom. The van der Waals surface area contributed by atoms with E-state index in [9.17, 15) is 9.59 Å². The summed E-state index contributed by atoms with van der Waals surface area (Å²) >= 11 is 0. The Morgan fingerprint density at radius 1 is 1.19 bits per heavy atom. The van der Waals surface area contributed by atoms with Gasteiger partial charge in [0.05, 0.1) is 6.04 Å². The minimum absolute atomic E-state index is 0.120. The fourth-order valence-electron chi connectivity index (χ4n) is 3.63. The van der Waals surface area contributed by atoms with Gasteiger partial charge in [-0.3, -0.25) is 14.6 Å². The van der Waals surface area contributed by atoms with E-state index in [0.717, 1.165) is 12.0 Å². The molecule has 132 valence electrons. The maximum Gasteiger partial charge on any atom is 0.244 e. The molecule has 3 unspecified atom stereocenters. The topological polar surface area (TPSA) is 62.3 Å². The first-order valence-electron chi connectivity index (χ1n) is 8.94. The molecular formula is C21H21N3O2. The van der Waals surface area contributed by atoms with Crippen LogP contribution in [0.25, 0.3) is 6.08 Å². The molecule has 4 rings (SSSR count). The van der Waals surface area contributed by atoms with Gasteiger partial charge in [0, 0.05) is 43.4 Å². The normalized spacial score (nSPS) is 24.8. The van der Waals surface area contributed by atoms with Gasteiger partial charge in [0.25, 0.3) is 0 Å². The summed E-state index contributed by atoms with van der Waals surface area (Å²) in [6.45, 7) is 0.597. The molecule has 26 heavy (non-hydrogen) atoms. The number of hydrogen-bond acceptors (Lipinski definition) is 3. The van der Waals surface area contributed by atoms with Crippen molar-refractivity contribution < 1.29 is 9.59 Å². The highest BCUT2D eigenvalue weighted by molar-refractivity contribution is 5.92. The van der Waals surface area contributed by atoms with E-state index in [4.69, 9.17) is 0 Å². The quantitative estimate of drug-likeness (QED) is 0.845. The van der Waals surface area contributed by atoms with E-state index in [1.807, 2.05) is 35.2 Å². The molecule has 5 nitrogen and oxygen atoms in total. The second-order valence-electron chi connectivity index (χ2n) is 6.90. The number of rotatable bonds is 5. The van der Waals surface area contributed by atoms with Crippen LogP contribution in [0.3, 0.4) is 0 Å². The van der Waals surface area contributed by atoms with Crippen LogP contribution in [0.4, 0.5) is 0 Å². The summed E-state index contributed by atoms with van der Waals surface area (Å²) < 4.78 is 0. The molecule has 2 aromatic rings. The van der Waals surface area contributed by atoms with Crippen LogP contribution in [-0.2, 0) is 9.59 Å². The lowest BCUT2D eigenvalue weighted by Gasteiger charge is -2.17. The number of nitrogens with one attached hydrogen (secondary N) is 1. The Bertz CT molecular complexity index is 820. The highest BCUT2D eigenvalue weighted by Crippen LogP contribution is 2.45. The molecule has 5 heteroatoms. The van der Waals surface area contributed by atoms with Gasteiger partial charge in [-0.25, -0.2) is 0 Å². The molecule has 1 N–H and O–H groups in total. The Balaban J connectivity index is 1.31. The van der Waals surface area contributed by atoms with E-state index in [-0.39, 0.29) is 23.9 Å². The second kappa shape index (κ2) is 7.12. The fraction of sp³-hybridized carbons (Fsp3) is 0.286. The van der Waals surface area contributed by atoms with Gasteiger partial charge in [0.15, 0.2) is 0 Å². The van der Waals surface area contributed by atoms with Crippen molar-refractivity contribution in [3.63, 3.8) is 0 Å². The van der Waals surface area contributed by atoms with Crippen molar-refractivity contribution in [2.45, 2.75) is 30.8 Å². The zero-order valence-corrected chi connectivity index (χ0v) is 14.4. The summed E-state index contributed by atoms with van der Waals surface area (Å²) in [5.74, 6) is 0.388. The molecule has 1 aliphatic heterocycles. The summed E-state index contributed by atoms with van der Waals surface area (Å²) in [6, 6.07) is 14.2. The maximum atomic E-state index is 12.4. The Labute approximate surface area is 152 Å². The van der Waals surface area contributed by atoms with Crippen molar-refractivity contribution in [1.29, 1.82) is 0 Å². The van der Waals surface area contributed by atoms with E-state index in [2.05, 4.69) is 22.4 Å². The van der Waals surface area contributed by atoms with E-state index in [1.54, 1.807) is 18.5 Å². The van der Waals surface area contributed by atoms with Gasteiger partial charge in [-0.15, -0.1) is 0 Å². The van der Waals surface area contributed by atoms with E-state index in [1.165, 1.54) is 11.6 Å². The summed E-state index contributed by atoms with van der Waals surface area (Å²) in [5.41, 5.74) is 2.16. The predicted octanol–water partition coefficient (Wildman–Crippen LogP) is 2.37. The lowest BCUT2D eigenvalue weighted by molar-refractivity contribution is -0.128. The summed E-state index contributed by atoms with van der Waals surface area (Å²) in [5, 5.41) is 2.94. The monoisotopic (exact) mass is 347 g/mol. The van der Waals surface area contributed by atoms with E-state index < -0.39 is 0 Å². The number of carbonyl (C=O) groups is 2. The van der Waals surface area contributed by atoms with E-state index in [0.29, 0.717) is 18.9 Å². The first-order valence-corrected chi connectivity index (χ1v) is 8.94. The Morgan fingerprint density at radius 3 is 2.81 bits per heavy atom. The first kappa shape index (κ1) is 16.5. The number of benzene rings is 1. The fourth-order valence-corrected chi connectivity index (χ4v) is 3.63. The van der Waals surface area contributed by atoms with Crippen LogP contribution >= 0.6 is 0 Å². The number of pyridine rings is 1. The molecular weight excluding hydrogens is 326 g/mol. The standard InChI is InChI=1S/C21H21N3O2/c25-20(9-8-15-5-4-10-22-13-15)23-17-11-21(26)24(14-17)19-12-18(19)16-6-2-1-3-7-16/h1-10,13,17-19H,11-12,14H2,(H,23,25). The Kier molecular flexibility index (Phi) is 4.52. The third-order valence-electron chi connectivity index (χ3n) is 5.00. The lowest BCUT2D eigenvalue weighted by Crippen LogP contribution is -2.37. The molecule has 1 saturated carbocycles. The van der Waals surface area contributed by atoms with Crippen LogP contribution in [0.15, 0.2) is 60.9 Å². The number of likely N-dealkylation sites (tertiary alicyclic amines) is 1. The number of nitrogens with zero attached hydrogens (tertiary/aromatic N) is 2. The molecule has 0 radical (unpaired) electrons. The van der Waals surface area contributed by atoms with Gasteiger partial charge in [0.1, 0.15) is 0 Å². The molecule has 0 bridgehead atoms. The molecule has 2 aliphatic rings. The number of aromatic nitrogens is 1. The van der Waals surface area contributed by atoms with Crippen molar-refractivity contribution >= 4 is 17.9 Å². The summed E-state index contributed by atoms with van der Waals surface area (Å²) in [6.07, 6.45) is 8.00. The first-order chi connectivity index (χ1) is 12.7. The van der Waals surface area contributed by atoms with E-state index >= 15 is 0 Å². The zero-order valence-electron chi connectivity index (χ0n) is 14.4. The van der Waals surface area contributed by atoms with Gasteiger partial charge in [0.2, 0.25) is 11.8 Å². The van der Waals surface area contributed by atoms with Crippen LogP contribution in [0, 0.1) is 0 Å². The highest BCUT2D eigenvalue weighted by atomic mass is 16.2. The number of hydrogen-bond donors (Lipinski definition) is 1. The molecule has 1 saturated heterocycles. The minimum Gasteiger partial charge on any atom is -0.348 e. The van der Waals surface area contributed by atoms with Gasteiger partial charge in [-0.2, -0.15) is 0 Å². The SMILES string of the molecule is O=C(C=Cc1cccnc1)NC1CC(=O)N(C2CC2c2ccccc2)C1. The molecule has 2 fully saturated rings. The summed E-state index contributed by atoms with van der Waals surface area (Å²) in [4.78, 5) is 30.4. The van der Waals surface area contributed by atoms with Gasteiger partial charge >= 0.3 is 0 Å². The average molecular weight is 347 g/mol. The van der Waals surface area contributed by atoms with Crippen molar-refractivity contribution in [1.82, 2.24) is 15.2 Å². The third-order valence-corrected chi connectivity index (χ3v) is 5.00. The van der Waals surface area contributed by atoms with Crippen LogP contribution in [-0.4, -0.2) is 40.3 Å². The zero-order chi connectivity index (χ0) is 17.9. The van der Waals surface area contributed by atoms with Crippen molar-refractivity contribution in [3.05, 3.63) is 72.1 Å². The van der Waals surface area contributed by atoms with Crippen LogP contribution in [0.2, 0.25) is 0 Å². The number of carbonyl (C=O) groups excluding carboxylic acids is 2. The van der Waals surface area contributed by atoms with Gasteiger partial charge < -0.3 is 10.2 Å². The molecule has 0 spiro atoms. The van der Waals surface area contributed by atoms with Crippen LogP contribution in [0.1, 0.15) is 29.9 Å².